The minimum Gasteiger partial charge on any atom is -0.354 e. The first kappa shape index (κ1) is 24.1. The summed E-state index contributed by atoms with van der Waals surface area (Å²) >= 11 is 0. The van der Waals surface area contributed by atoms with Crippen LogP contribution in [0.5, 0.6) is 0 Å². The van der Waals surface area contributed by atoms with E-state index in [0.717, 1.165) is 23.3 Å². The number of hydroxylamine groups is 2. The van der Waals surface area contributed by atoms with Crippen molar-refractivity contribution in [3.63, 3.8) is 0 Å². The van der Waals surface area contributed by atoms with E-state index >= 15 is 4.39 Å². The predicted octanol–water partition coefficient (Wildman–Crippen LogP) is 2.78. The first-order valence-corrected chi connectivity index (χ1v) is 11.6. The monoisotopic (exact) mass is 470 g/mol. The van der Waals surface area contributed by atoms with Gasteiger partial charge in [0.05, 0.1) is 35.9 Å². The van der Waals surface area contributed by atoms with Gasteiger partial charge >= 0.3 is 0 Å². The van der Waals surface area contributed by atoms with Crippen molar-refractivity contribution in [1.82, 2.24) is 9.96 Å². The van der Waals surface area contributed by atoms with Crippen molar-refractivity contribution in [2.75, 3.05) is 33.0 Å². The van der Waals surface area contributed by atoms with E-state index in [1.54, 1.807) is 4.90 Å². The van der Waals surface area contributed by atoms with Gasteiger partial charge in [-0.25, -0.2) is 18.2 Å². The van der Waals surface area contributed by atoms with Crippen molar-refractivity contribution in [3.05, 3.63) is 46.5 Å². The molecule has 0 spiro atoms. The summed E-state index contributed by atoms with van der Waals surface area (Å²) in [4.78, 5) is 28.0. The Morgan fingerprint density at radius 3 is 2.53 bits per heavy atom. The minimum absolute atomic E-state index is 0.104. The molecule has 0 unspecified atom stereocenters. The fourth-order valence-electron chi connectivity index (χ4n) is 3.94. The molecule has 0 aliphatic carbocycles. The number of rotatable bonds is 5. The van der Waals surface area contributed by atoms with Crippen LogP contribution in [-0.2, 0) is 20.4 Å². The lowest BCUT2D eigenvalue weighted by molar-refractivity contribution is -0.185. The van der Waals surface area contributed by atoms with Crippen molar-refractivity contribution in [3.8, 4) is 0 Å². The number of nitrogens with zero attached hydrogens (tertiary/aromatic N) is 4. The molecule has 7 nitrogen and oxygen atoms in total. The van der Waals surface area contributed by atoms with E-state index in [2.05, 4.69) is 16.7 Å². The second-order valence-corrected chi connectivity index (χ2v) is 8.86. The summed E-state index contributed by atoms with van der Waals surface area (Å²) < 4.78 is 54.1. The Morgan fingerprint density at radius 2 is 1.97 bits per heavy atom. The zero-order chi connectivity index (χ0) is 23.4. The third-order valence-electron chi connectivity index (χ3n) is 5.51. The summed E-state index contributed by atoms with van der Waals surface area (Å²) in [7, 11) is 0.144. The van der Waals surface area contributed by atoms with Gasteiger partial charge in [0.1, 0.15) is 28.7 Å². The Bertz CT molecular complexity index is 951. The van der Waals surface area contributed by atoms with E-state index < -0.39 is 46.5 Å². The lowest BCUT2D eigenvalue weighted by Crippen LogP contribution is -2.50. The van der Waals surface area contributed by atoms with Gasteiger partial charge in [0, 0.05) is 38.4 Å². The summed E-state index contributed by atoms with van der Waals surface area (Å²) in [5.74, 6) is -2.64. The van der Waals surface area contributed by atoms with Gasteiger partial charge in [0.25, 0.3) is 5.91 Å². The number of carbonyl (C=O) groups is 1. The molecular weight excluding hydrogens is 445 g/mol. The van der Waals surface area contributed by atoms with Crippen molar-refractivity contribution in [2.45, 2.75) is 25.1 Å². The Kier molecular flexibility index (Phi) is 7.83. The normalized spacial score (nSPS) is 25.7. The van der Waals surface area contributed by atoms with Crippen LogP contribution in [0.1, 0.15) is 24.4 Å². The molecule has 0 radical (unpaired) electrons. The quantitative estimate of drug-likeness (QED) is 0.490. The molecule has 4 atom stereocenters. The summed E-state index contributed by atoms with van der Waals surface area (Å²) in [6.45, 7) is 3.79. The minimum atomic E-state index is -1.53. The topological polar surface area (TPSA) is 74.6 Å². The highest BCUT2D eigenvalue weighted by Gasteiger charge is 2.42. The number of piperidine rings is 1. The highest BCUT2D eigenvalue weighted by Crippen LogP contribution is 2.35. The number of benzene rings is 1. The molecule has 2 aliphatic heterocycles. The maximum Gasteiger partial charge on any atom is 0.252 e. The van der Waals surface area contributed by atoms with Gasteiger partial charge in [-0.1, -0.05) is 0 Å². The van der Waals surface area contributed by atoms with E-state index in [0.29, 0.717) is 18.8 Å². The van der Waals surface area contributed by atoms with Crippen LogP contribution in [0.3, 0.4) is 0 Å². The molecule has 11 heteroatoms. The fourth-order valence-corrected chi connectivity index (χ4v) is 4.39. The smallest absolute Gasteiger partial charge is 0.252 e. The lowest BCUT2D eigenvalue weighted by atomic mass is 9.92. The molecule has 1 amide bonds. The van der Waals surface area contributed by atoms with E-state index in [4.69, 9.17) is 4.84 Å². The lowest BCUT2D eigenvalue weighted by Gasteiger charge is -2.37. The number of likely N-dealkylation sites (tertiary alicyclic amines) is 1. The maximum absolute atomic E-state index is 15.1. The summed E-state index contributed by atoms with van der Waals surface area (Å²) in [5, 5.41) is 1.27. The second kappa shape index (κ2) is 10.4. The van der Waals surface area contributed by atoms with Crippen LogP contribution >= 0.6 is 0 Å². The molecule has 0 saturated carbocycles. The largest absolute Gasteiger partial charge is 0.354 e. The molecule has 2 aliphatic rings. The van der Waals surface area contributed by atoms with Crippen LogP contribution in [0.4, 0.5) is 13.2 Å². The van der Waals surface area contributed by atoms with Crippen LogP contribution in [0.2, 0.25) is 0 Å². The highest BCUT2D eigenvalue weighted by atomic mass is 32.2. The Morgan fingerprint density at radius 1 is 1.28 bits per heavy atom. The van der Waals surface area contributed by atoms with Gasteiger partial charge < -0.3 is 4.90 Å². The maximum atomic E-state index is 15.1. The number of hydrogen-bond donors (Lipinski definition) is 0. The first-order chi connectivity index (χ1) is 15.2. The van der Waals surface area contributed by atoms with Gasteiger partial charge in [0.2, 0.25) is 0 Å². The molecule has 1 aromatic carbocycles. The first-order valence-electron chi connectivity index (χ1n) is 10.0. The van der Waals surface area contributed by atoms with Crippen molar-refractivity contribution >= 4 is 29.3 Å². The van der Waals surface area contributed by atoms with Crippen molar-refractivity contribution in [2.24, 2.45) is 15.9 Å². The van der Waals surface area contributed by atoms with Crippen LogP contribution in [0, 0.1) is 17.6 Å². The van der Waals surface area contributed by atoms with E-state index in [1.807, 2.05) is 0 Å². The molecule has 3 rings (SSSR count). The zero-order valence-corrected chi connectivity index (χ0v) is 18.7. The van der Waals surface area contributed by atoms with Crippen LogP contribution in [0.15, 0.2) is 39.3 Å². The molecule has 0 aromatic heterocycles. The van der Waals surface area contributed by atoms with Gasteiger partial charge in [-0.15, -0.1) is 0 Å². The third-order valence-corrected chi connectivity index (χ3v) is 6.34. The van der Waals surface area contributed by atoms with Gasteiger partial charge in [0.15, 0.2) is 0 Å². The predicted molar refractivity (Wildman–Crippen MR) is 116 cm³/mol. The second-order valence-electron chi connectivity index (χ2n) is 7.54. The van der Waals surface area contributed by atoms with Gasteiger partial charge in [-0.05, 0) is 30.8 Å². The third kappa shape index (κ3) is 5.26. The molecule has 2 heterocycles. The van der Waals surface area contributed by atoms with Gasteiger partial charge in [-0.3, -0.25) is 23.8 Å². The average Bonchev–Trinajstić information content (AvgIpc) is 3.23. The zero-order valence-electron chi connectivity index (χ0n) is 17.8. The van der Waals surface area contributed by atoms with Crippen LogP contribution in [-0.4, -0.2) is 71.8 Å². The number of amidine groups is 1. The van der Waals surface area contributed by atoms with E-state index in [1.165, 1.54) is 19.4 Å². The molecule has 2 saturated heterocycles. The molecule has 0 bridgehead atoms. The fraction of sp³-hybridized carbons (Fsp3) is 0.476. The standard InChI is InChI=1S/C21H25F3N4O3S/c1-25-19(11-20(26-2)32(3)30)27-6-4-16(17(24)12-27)21(29)28-18(5-7-31-28)13-8-14(22)10-15(23)9-13/h8-11,16-18H,2,4-7,12H2,1,3H3/b20-11+,25-19?/t16-,17+,18+,32-/m0/s1. The molecule has 0 N–H and O–H groups in total. The highest BCUT2D eigenvalue weighted by molar-refractivity contribution is 7.88. The molecule has 32 heavy (non-hydrogen) atoms. The number of hydrogen-bond acceptors (Lipinski definition) is 5. The molecule has 174 valence electrons. The SMILES string of the molecule is C=N/C(=C\C(=NC)N1CC[C@H](C(=O)N2OCC[C@@H]2c2cc(F)cc(F)c2)[C@H](F)C1)[S@](C)=O. The van der Waals surface area contributed by atoms with E-state index in [-0.39, 0.29) is 30.2 Å². The number of amides is 1. The van der Waals surface area contributed by atoms with Crippen molar-refractivity contribution < 1.29 is 27.0 Å². The van der Waals surface area contributed by atoms with Gasteiger partial charge in [-0.2, -0.15) is 0 Å². The number of halogens is 3. The Labute approximate surface area is 187 Å². The van der Waals surface area contributed by atoms with Crippen LogP contribution in [0.25, 0.3) is 0 Å². The van der Waals surface area contributed by atoms with Crippen LogP contribution < -0.4 is 0 Å². The van der Waals surface area contributed by atoms with Crippen molar-refractivity contribution in [1.29, 1.82) is 0 Å². The summed E-state index contributed by atoms with van der Waals surface area (Å²) in [6, 6.07) is 2.37. The van der Waals surface area contributed by atoms with E-state index in [9.17, 15) is 17.8 Å². The summed E-state index contributed by atoms with van der Waals surface area (Å²) in [5.41, 5.74) is 0.267. The Hall–Kier alpha value is -2.53. The number of alkyl halides is 1. The number of carbonyl (C=O) groups excluding carboxylic acids is 1. The molecular formula is C21H25F3N4O3S. The summed E-state index contributed by atoms with van der Waals surface area (Å²) in [6.07, 6.45) is 1.95. The Balaban J connectivity index is 1.73. The number of aliphatic imine (C=N–C) groups is 2. The molecule has 1 aromatic rings. The average molecular weight is 471 g/mol. The molecule has 2 fully saturated rings.